The van der Waals surface area contributed by atoms with E-state index >= 15 is 0 Å². The lowest BCUT2D eigenvalue weighted by Crippen LogP contribution is -2.29. The fourth-order valence-corrected chi connectivity index (χ4v) is 2.33. The summed E-state index contributed by atoms with van der Waals surface area (Å²) in [6.45, 7) is 5.38. The third kappa shape index (κ3) is 3.72. The summed E-state index contributed by atoms with van der Waals surface area (Å²) in [4.78, 5) is 2.47. The van der Waals surface area contributed by atoms with Crippen LogP contribution in [0.4, 0.5) is 5.69 Å². The number of hydrogen-bond donors (Lipinski definition) is 2. The van der Waals surface area contributed by atoms with Crippen LogP contribution in [-0.4, -0.2) is 30.8 Å². The number of benzene rings is 1. The highest BCUT2D eigenvalue weighted by Gasteiger charge is 2.10. The third-order valence-electron chi connectivity index (χ3n) is 3.59. The molecule has 1 aromatic carbocycles. The molecule has 3 heteroatoms. The Hall–Kier alpha value is -1.06. The zero-order valence-electron chi connectivity index (χ0n) is 11.2. The van der Waals surface area contributed by atoms with Crippen molar-refractivity contribution in [2.45, 2.75) is 38.8 Å². The van der Waals surface area contributed by atoms with Gasteiger partial charge in [0.1, 0.15) is 0 Å². The summed E-state index contributed by atoms with van der Waals surface area (Å²) in [6.07, 6.45) is 4.01. The summed E-state index contributed by atoms with van der Waals surface area (Å²) in [5.41, 5.74) is 2.62. The van der Waals surface area contributed by atoms with Crippen molar-refractivity contribution in [1.82, 2.24) is 5.32 Å². The number of nitrogens with zero attached hydrogens (tertiary/aromatic N) is 1. The van der Waals surface area contributed by atoms with Crippen molar-refractivity contribution in [3.8, 4) is 0 Å². The van der Waals surface area contributed by atoms with Gasteiger partial charge >= 0.3 is 0 Å². The summed E-state index contributed by atoms with van der Waals surface area (Å²) in [7, 11) is 0. The molecule has 1 aliphatic rings. The van der Waals surface area contributed by atoms with Gasteiger partial charge in [-0.05, 0) is 43.9 Å². The maximum absolute atomic E-state index is 8.96. The highest BCUT2D eigenvalue weighted by atomic mass is 16.3. The number of piperidine rings is 1. The zero-order valence-corrected chi connectivity index (χ0v) is 11.2. The van der Waals surface area contributed by atoms with E-state index < -0.39 is 0 Å². The third-order valence-corrected chi connectivity index (χ3v) is 3.59. The second kappa shape index (κ2) is 6.76. The van der Waals surface area contributed by atoms with E-state index in [1.54, 1.807) is 0 Å². The molecule has 100 valence electrons. The molecule has 0 saturated carbocycles. The average molecular weight is 248 g/mol. The van der Waals surface area contributed by atoms with Crippen LogP contribution < -0.4 is 10.2 Å². The van der Waals surface area contributed by atoms with Crippen LogP contribution >= 0.6 is 0 Å². The molecule has 1 saturated heterocycles. The van der Waals surface area contributed by atoms with Crippen LogP contribution in [0.1, 0.15) is 31.7 Å². The zero-order chi connectivity index (χ0) is 12.8. The summed E-state index contributed by atoms with van der Waals surface area (Å²) < 4.78 is 0. The van der Waals surface area contributed by atoms with Crippen LogP contribution in [0.2, 0.25) is 0 Å². The lowest BCUT2D eigenvalue weighted by atomic mass is 10.1. The largest absolute Gasteiger partial charge is 0.395 e. The Bertz CT molecular complexity index is 344. The van der Waals surface area contributed by atoms with Crippen LogP contribution in [0, 0.1) is 0 Å². The van der Waals surface area contributed by atoms with Crippen molar-refractivity contribution >= 4 is 5.69 Å². The molecule has 0 spiro atoms. The van der Waals surface area contributed by atoms with E-state index in [1.807, 2.05) is 6.92 Å². The first-order valence-electron chi connectivity index (χ1n) is 6.98. The quantitative estimate of drug-likeness (QED) is 0.838. The highest BCUT2D eigenvalue weighted by molar-refractivity contribution is 5.47. The Balaban J connectivity index is 1.88. The van der Waals surface area contributed by atoms with Crippen LogP contribution in [0.3, 0.4) is 0 Å². The van der Waals surface area contributed by atoms with Gasteiger partial charge in [-0.15, -0.1) is 0 Å². The standard InChI is InChI=1S/C15H24N2O/c1-13(12-18)16-11-14-5-7-15(8-6-14)17-9-3-2-4-10-17/h5-8,13,16,18H,2-4,9-12H2,1H3. The van der Waals surface area contributed by atoms with Crippen LogP contribution in [-0.2, 0) is 6.54 Å². The fraction of sp³-hybridized carbons (Fsp3) is 0.600. The van der Waals surface area contributed by atoms with Gasteiger partial charge in [0.25, 0.3) is 0 Å². The molecular weight excluding hydrogens is 224 g/mol. The average Bonchev–Trinajstić information content (AvgIpc) is 2.46. The molecule has 0 amide bonds. The minimum absolute atomic E-state index is 0.159. The van der Waals surface area contributed by atoms with E-state index in [1.165, 1.54) is 43.6 Å². The van der Waals surface area contributed by atoms with Crippen molar-refractivity contribution < 1.29 is 5.11 Å². The topological polar surface area (TPSA) is 35.5 Å². The maximum atomic E-state index is 8.96. The number of aliphatic hydroxyl groups excluding tert-OH is 1. The van der Waals surface area contributed by atoms with Crippen molar-refractivity contribution in [2.24, 2.45) is 0 Å². The predicted octanol–water partition coefficient (Wildman–Crippen LogP) is 2.15. The monoisotopic (exact) mass is 248 g/mol. The molecule has 1 aromatic rings. The predicted molar refractivity (Wildman–Crippen MR) is 75.9 cm³/mol. The van der Waals surface area contributed by atoms with E-state index in [0.717, 1.165) is 6.54 Å². The second-order valence-electron chi connectivity index (χ2n) is 5.18. The highest BCUT2D eigenvalue weighted by Crippen LogP contribution is 2.20. The lowest BCUT2D eigenvalue weighted by Gasteiger charge is -2.28. The first kappa shape index (κ1) is 13.4. The Morgan fingerprint density at radius 2 is 1.83 bits per heavy atom. The maximum Gasteiger partial charge on any atom is 0.0582 e. The van der Waals surface area contributed by atoms with Crippen LogP contribution in [0.5, 0.6) is 0 Å². The van der Waals surface area contributed by atoms with E-state index in [9.17, 15) is 0 Å². The molecule has 18 heavy (non-hydrogen) atoms. The molecule has 0 aliphatic carbocycles. The van der Waals surface area contributed by atoms with Gasteiger partial charge in [0.2, 0.25) is 0 Å². The van der Waals surface area contributed by atoms with E-state index in [0.29, 0.717) is 0 Å². The van der Waals surface area contributed by atoms with Crippen molar-refractivity contribution in [1.29, 1.82) is 0 Å². The molecule has 1 fully saturated rings. The van der Waals surface area contributed by atoms with Gasteiger partial charge in [-0.25, -0.2) is 0 Å². The molecular formula is C15H24N2O. The minimum Gasteiger partial charge on any atom is -0.395 e. The Morgan fingerprint density at radius 1 is 1.17 bits per heavy atom. The molecule has 0 aromatic heterocycles. The number of aliphatic hydroxyl groups is 1. The summed E-state index contributed by atoms with van der Waals surface area (Å²) >= 11 is 0. The number of rotatable bonds is 5. The molecule has 0 radical (unpaired) electrons. The normalized spacial score (nSPS) is 17.8. The van der Waals surface area contributed by atoms with Crippen molar-refractivity contribution in [2.75, 3.05) is 24.6 Å². The van der Waals surface area contributed by atoms with Crippen molar-refractivity contribution in [3.63, 3.8) is 0 Å². The van der Waals surface area contributed by atoms with E-state index in [4.69, 9.17) is 5.11 Å². The Kier molecular flexibility index (Phi) is 5.02. The molecule has 1 heterocycles. The number of nitrogens with one attached hydrogen (secondary N) is 1. The van der Waals surface area contributed by atoms with Gasteiger partial charge in [-0.1, -0.05) is 12.1 Å². The Morgan fingerprint density at radius 3 is 2.44 bits per heavy atom. The smallest absolute Gasteiger partial charge is 0.0582 e. The number of hydrogen-bond acceptors (Lipinski definition) is 3. The van der Waals surface area contributed by atoms with Crippen molar-refractivity contribution in [3.05, 3.63) is 29.8 Å². The first-order valence-corrected chi connectivity index (χ1v) is 6.98. The summed E-state index contributed by atoms with van der Waals surface area (Å²) in [6, 6.07) is 8.95. The summed E-state index contributed by atoms with van der Waals surface area (Å²) in [5, 5.41) is 12.2. The molecule has 1 aliphatic heterocycles. The lowest BCUT2D eigenvalue weighted by molar-refractivity contribution is 0.251. The van der Waals surface area contributed by atoms with Gasteiger partial charge in [0, 0.05) is 31.4 Å². The van der Waals surface area contributed by atoms with E-state index in [2.05, 4.69) is 34.5 Å². The molecule has 2 rings (SSSR count). The molecule has 1 atom stereocenters. The van der Waals surface area contributed by atoms with Gasteiger partial charge in [0.05, 0.1) is 6.61 Å². The number of anilines is 1. The van der Waals surface area contributed by atoms with Crippen LogP contribution in [0.25, 0.3) is 0 Å². The van der Waals surface area contributed by atoms with Gasteiger partial charge in [-0.3, -0.25) is 0 Å². The van der Waals surface area contributed by atoms with Gasteiger partial charge < -0.3 is 15.3 Å². The molecule has 1 unspecified atom stereocenters. The van der Waals surface area contributed by atoms with E-state index in [-0.39, 0.29) is 12.6 Å². The summed E-state index contributed by atoms with van der Waals surface area (Å²) in [5.74, 6) is 0. The molecule has 0 bridgehead atoms. The minimum atomic E-state index is 0.159. The Labute approximate surface area is 110 Å². The van der Waals surface area contributed by atoms with Gasteiger partial charge in [-0.2, -0.15) is 0 Å². The van der Waals surface area contributed by atoms with Gasteiger partial charge in [0.15, 0.2) is 0 Å². The fourth-order valence-electron chi connectivity index (χ4n) is 2.33. The SMILES string of the molecule is CC(CO)NCc1ccc(N2CCCCC2)cc1. The molecule has 2 N–H and O–H groups in total. The second-order valence-corrected chi connectivity index (χ2v) is 5.18. The van der Waals surface area contributed by atoms with Crippen LogP contribution in [0.15, 0.2) is 24.3 Å². The molecule has 3 nitrogen and oxygen atoms in total. The first-order chi connectivity index (χ1) is 8.79.